The van der Waals surface area contributed by atoms with Crippen molar-refractivity contribution in [3.8, 4) is 0 Å². The van der Waals surface area contributed by atoms with Crippen LogP contribution in [0.5, 0.6) is 0 Å². The molecule has 10 heteroatoms. The molecule has 2 aromatic rings. The van der Waals surface area contributed by atoms with Crippen molar-refractivity contribution in [1.29, 1.82) is 0 Å². The molecule has 0 saturated carbocycles. The lowest BCUT2D eigenvalue weighted by Crippen LogP contribution is -2.29. The van der Waals surface area contributed by atoms with Gasteiger partial charge in [-0.15, -0.1) is 10.2 Å². The molecule has 138 valence electrons. The Morgan fingerprint density at radius 3 is 1.96 bits per heavy atom. The van der Waals surface area contributed by atoms with E-state index in [0.717, 1.165) is 5.69 Å². The van der Waals surface area contributed by atoms with E-state index in [1.165, 1.54) is 18.2 Å². The maximum atomic E-state index is 10.7. The molecule has 0 amide bonds. The van der Waals surface area contributed by atoms with Crippen LogP contribution in [0, 0.1) is 10.1 Å². The number of nitro groups is 1. The monoisotopic (exact) mass is 398 g/mol. The lowest BCUT2D eigenvalue weighted by molar-refractivity contribution is -0.384. The van der Waals surface area contributed by atoms with Gasteiger partial charge in [0.2, 0.25) is 0 Å². The molecule has 0 bridgehead atoms. The summed E-state index contributed by atoms with van der Waals surface area (Å²) in [6.07, 6.45) is 0. The minimum atomic E-state index is -0.549. The molecule has 0 atom stereocenters. The third-order valence-corrected chi connectivity index (χ3v) is 4.05. The standard InChI is InChI=1S/C16H16Cl2N4O4/c17-13-9-11(21(5-7-23)6-8-24)1-3-15(13)19-20-16-4-2-12(22(25)26)10-14(16)18/h1-4,9-10,23-24H,5-8H2. The van der Waals surface area contributed by atoms with Crippen LogP contribution in [-0.2, 0) is 0 Å². The Labute approximate surface area is 159 Å². The van der Waals surface area contributed by atoms with Crippen molar-refractivity contribution in [3.05, 3.63) is 56.6 Å². The number of halogens is 2. The Bertz CT molecular complexity index is 811. The summed E-state index contributed by atoms with van der Waals surface area (Å²) in [7, 11) is 0. The zero-order valence-electron chi connectivity index (χ0n) is 13.5. The third kappa shape index (κ3) is 5.12. The van der Waals surface area contributed by atoms with Crippen molar-refractivity contribution in [2.24, 2.45) is 10.2 Å². The second-order valence-corrected chi connectivity index (χ2v) is 5.98. The molecule has 0 aliphatic heterocycles. The highest BCUT2D eigenvalue weighted by Crippen LogP contribution is 2.33. The summed E-state index contributed by atoms with van der Waals surface area (Å²) in [5.74, 6) is 0. The molecule has 0 aliphatic rings. The first-order chi connectivity index (χ1) is 12.5. The van der Waals surface area contributed by atoms with Gasteiger partial charge < -0.3 is 15.1 Å². The molecule has 0 aliphatic carbocycles. The fourth-order valence-electron chi connectivity index (χ4n) is 2.18. The van der Waals surface area contributed by atoms with Crippen molar-refractivity contribution in [2.75, 3.05) is 31.2 Å². The minimum Gasteiger partial charge on any atom is -0.395 e. The van der Waals surface area contributed by atoms with E-state index >= 15 is 0 Å². The van der Waals surface area contributed by atoms with Gasteiger partial charge in [0.05, 0.1) is 28.2 Å². The van der Waals surface area contributed by atoms with Gasteiger partial charge in [-0.1, -0.05) is 23.2 Å². The maximum absolute atomic E-state index is 10.7. The topological polar surface area (TPSA) is 112 Å². The van der Waals surface area contributed by atoms with E-state index < -0.39 is 4.92 Å². The fourth-order valence-corrected chi connectivity index (χ4v) is 2.61. The summed E-state index contributed by atoms with van der Waals surface area (Å²) in [6, 6.07) is 8.91. The van der Waals surface area contributed by atoms with E-state index in [4.69, 9.17) is 33.4 Å². The number of benzene rings is 2. The number of hydrogen-bond donors (Lipinski definition) is 2. The van der Waals surface area contributed by atoms with Gasteiger partial charge in [0, 0.05) is 30.9 Å². The van der Waals surface area contributed by atoms with Gasteiger partial charge in [0.25, 0.3) is 5.69 Å². The highest BCUT2D eigenvalue weighted by molar-refractivity contribution is 6.33. The number of nitrogens with zero attached hydrogens (tertiary/aromatic N) is 4. The smallest absolute Gasteiger partial charge is 0.271 e. The zero-order valence-corrected chi connectivity index (χ0v) is 15.1. The molecular formula is C16H16Cl2N4O4. The number of aliphatic hydroxyl groups is 2. The first-order valence-corrected chi connectivity index (χ1v) is 8.33. The Balaban J connectivity index is 2.22. The normalized spacial score (nSPS) is 11.1. The summed E-state index contributed by atoms with van der Waals surface area (Å²) in [6.45, 7) is 0.599. The highest BCUT2D eigenvalue weighted by atomic mass is 35.5. The molecule has 2 N–H and O–H groups in total. The highest BCUT2D eigenvalue weighted by Gasteiger charge is 2.10. The quantitative estimate of drug-likeness (QED) is 0.394. The van der Waals surface area contributed by atoms with Crippen LogP contribution in [0.1, 0.15) is 0 Å². The van der Waals surface area contributed by atoms with Gasteiger partial charge in [0.1, 0.15) is 11.4 Å². The maximum Gasteiger partial charge on any atom is 0.271 e. The van der Waals surface area contributed by atoms with Crippen molar-refractivity contribution >= 4 is 46.0 Å². The summed E-state index contributed by atoms with van der Waals surface area (Å²) >= 11 is 12.2. The lowest BCUT2D eigenvalue weighted by Gasteiger charge is -2.23. The number of azo groups is 1. The number of nitro benzene ring substituents is 1. The molecule has 26 heavy (non-hydrogen) atoms. The Morgan fingerprint density at radius 1 is 0.962 bits per heavy atom. The van der Waals surface area contributed by atoms with Crippen LogP contribution in [0.2, 0.25) is 10.0 Å². The van der Waals surface area contributed by atoms with E-state index in [9.17, 15) is 10.1 Å². The predicted molar refractivity (Wildman–Crippen MR) is 100 cm³/mol. The fraction of sp³-hybridized carbons (Fsp3) is 0.250. The van der Waals surface area contributed by atoms with Crippen LogP contribution in [0.15, 0.2) is 46.6 Å². The summed E-state index contributed by atoms with van der Waals surface area (Å²) in [5, 5.41) is 37.3. The van der Waals surface area contributed by atoms with Crippen LogP contribution in [0.3, 0.4) is 0 Å². The molecule has 0 radical (unpaired) electrons. The first kappa shape index (κ1) is 20.1. The Kier molecular flexibility index (Phi) is 7.28. The molecule has 2 aromatic carbocycles. The second-order valence-electron chi connectivity index (χ2n) is 5.16. The molecular weight excluding hydrogens is 383 g/mol. The number of rotatable bonds is 8. The number of anilines is 1. The average Bonchev–Trinajstić information content (AvgIpc) is 2.61. The molecule has 0 spiro atoms. The zero-order chi connectivity index (χ0) is 19.1. The number of non-ortho nitro benzene ring substituents is 1. The van der Waals surface area contributed by atoms with Crippen LogP contribution in [0.4, 0.5) is 22.7 Å². The lowest BCUT2D eigenvalue weighted by atomic mass is 10.2. The van der Waals surface area contributed by atoms with Gasteiger partial charge in [-0.2, -0.15) is 0 Å². The van der Waals surface area contributed by atoms with Gasteiger partial charge in [-0.05, 0) is 24.3 Å². The summed E-state index contributed by atoms with van der Waals surface area (Å²) < 4.78 is 0. The van der Waals surface area contributed by atoms with Crippen LogP contribution < -0.4 is 4.90 Å². The van der Waals surface area contributed by atoms with Gasteiger partial charge in [-0.3, -0.25) is 10.1 Å². The molecule has 0 aromatic heterocycles. The molecule has 2 rings (SSSR count). The van der Waals surface area contributed by atoms with Crippen LogP contribution in [0.25, 0.3) is 0 Å². The Morgan fingerprint density at radius 2 is 1.50 bits per heavy atom. The first-order valence-electron chi connectivity index (χ1n) is 7.58. The molecule has 0 saturated heterocycles. The van der Waals surface area contributed by atoms with Crippen molar-refractivity contribution in [1.82, 2.24) is 0 Å². The largest absolute Gasteiger partial charge is 0.395 e. The van der Waals surface area contributed by atoms with E-state index in [2.05, 4.69) is 10.2 Å². The molecule has 0 heterocycles. The van der Waals surface area contributed by atoms with E-state index in [0.29, 0.717) is 23.8 Å². The van der Waals surface area contributed by atoms with Gasteiger partial charge in [0.15, 0.2) is 0 Å². The number of aliphatic hydroxyl groups excluding tert-OH is 2. The van der Waals surface area contributed by atoms with E-state index in [-0.39, 0.29) is 29.6 Å². The average molecular weight is 399 g/mol. The van der Waals surface area contributed by atoms with Crippen molar-refractivity contribution in [3.63, 3.8) is 0 Å². The van der Waals surface area contributed by atoms with Crippen molar-refractivity contribution < 1.29 is 15.1 Å². The third-order valence-electron chi connectivity index (χ3n) is 3.44. The number of hydrogen-bond acceptors (Lipinski definition) is 7. The molecule has 0 fully saturated rings. The summed E-state index contributed by atoms with van der Waals surface area (Å²) in [4.78, 5) is 11.9. The van der Waals surface area contributed by atoms with E-state index in [1.807, 2.05) is 0 Å². The van der Waals surface area contributed by atoms with Gasteiger partial charge in [-0.25, -0.2) is 0 Å². The summed E-state index contributed by atoms with van der Waals surface area (Å²) in [5.41, 5.74) is 1.26. The minimum absolute atomic E-state index is 0.0578. The predicted octanol–water partition coefficient (Wildman–Crippen LogP) is 4.11. The van der Waals surface area contributed by atoms with Crippen molar-refractivity contribution in [2.45, 2.75) is 0 Å². The second kappa shape index (κ2) is 9.44. The Hall–Kier alpha value is -2.26. The van der Waals surface area contributed by atoms with Gasteiger partial charge >= 0.3 is 0 Å². The van der Waals surface area contributed by atoms with Crippen LogP contribution in [-0.4, -0.2) is 41.4 Å². The van der Waals surface area contributed by atoms with E-state index in [1.54, 1.807) is 23.1 Å². The van der Waals surface area contributed by atoms with Crippen LogP contribution >= 0.6 is 23.2 Å². The molecule has 0 unspecified atom stereocenters. The molecule has 8 nitrogen and oxygen atoms in total. The SMILES string of the molecule is O=[N+]([O-])c1ccc(N=Nc2ccc(N(CCO)CCO)cc2Cl)c(Cl)c1.